The van der Waals surface area contributed by atoms with Gasteiger partial charge in [-0.1, -0.05) is 6.42 Å². The normalized spacial score (nSPS) is 17.4. The lowest BCUT2D eigenvalue weighted by molar-refractivity contribution is 0.183. The fourth-order valence-electron chi connectivity index (χ4n) is 2.43. The molecule has 4 nitrogen and oxygen atoms in total. The fourth-order valence-corrected chi connectivity index (χ4v) is 2.54. The summed E-state index contributed by atoms with van der Waals surface area (Å²) in [6, 6.07) is 7.81. The fraction of sp³-hybridized carbons (Fsp3) is 0.625. The Morgan fingerprint density at radius 2 is 1.90 bits per heavy atom. The Bertz CT molecular complexity index is 394. The first-order valence-corrected chi connectivity index (χ1v) is 8.24. The highest BCUT2D eigenvalue weighted by atomic mass is 35.5. The minimum atomic E-state index is -0.521. The molecule has 118 valence electrons. The van der Waals surface area contributed by atoms with Crippen molar-refractivity contribution in [2.45, 2.75) is 25.4 Å². The number of halogens is 1. The monoisotopic (exact) mass is 312 g/mol. The van der Waals surface area contributed by atoms with E-state index in [0.717, 1.165) is 24.6 Å². The van der Waals surface area contributed by atoms with Gasteiger partial charge in [-0.3, -0.25) is 4.90 Å². The second-order valence-electron chi connectivity index (χ2n) is 5.46. The maximum Gasteiger partial charge on any atom is 0.119 e. The number of piperidine rings is 1. The van der Waals surface area contributed by atoms with Gasteiger partial charge in [0.1, 0.15) is 12.4 Å². The van der Waals surface area contributed by atoms with Crippen LogP contribution in [0.4, 0.5) is 5.69 Å². The Balaban J connectivity index is 1.67. The maximum absolute atomic E-state index is 9.39. The van der Waals surface area contributed by atoms with Crippen molar-refractivity contribution >= 4 is 17.3 Å². The molecule has 21 heavy (non-hydrogen) atoms. The molecule has 1 aromatic carbocycles. The molecule has 1 saturated heterocycles. The van der Waals surface area contributed by atoms with Crippen LogP contribution in [-0.2, 0) is 0 Å². The van der Waals surface area contributed by atoms with Gasteiger partial charge in [0, 0.05) is 18.8 Å². The van der Waals surface area contributed by atoms with Gasteiger partial charge in [0.15, 0.2) is 0 Å². The van der Waals surface area contributed by atoms with E-state index in [9.17, 15) is 5.11 Å². The number of hydrogen-bond donors (Lipinski definition) is 2. The summed E-state index contributed by atoms with van der Waals surface area (Å²) in [5, 5.41) is 12.5. The third-order valence-corrected chi connectivity index (χ3v) is 4.06. The van der Waals surface area contributed by atoms with Gasteiger partial charge in [-0.25, -0.2) is 0 Å². The largest absolute Gasteiger partial charge is 0.492 e. The molecule has 2 N–H and O–H groups in total. The van der Waals surface area contributed by atoms with E-state index in [-0.39, 0.29) is 5.88 Å². The van der Waals surface area contributed by atoms with Crippen LogP contribution < -0.4 is 10.1 Å². The number of nitrogens with one attached hydrogen (secondary N) is 1. The first-order chi connectivity index (χ1) is 10.3. The zero-order valence-corrected chi connectivity index (χ0v) is 13.2. The molecule has 1 aliphatic heterocycles. The van der Waals surface area contributed by atoms with E-state index in [0.29, 0.717) is 6.54 Å². The van der Waals surface area contributed by atoms with E-state index in [4.69, 9.17) is 16.3 Å². The summed E-state index contributed by atoms with van der Waals surface area (Å²) in [7, 11) is 0. The molecule has 1 atom stereocenters. The average molecular weight is 313 g/mol. The lowest BCUT2D eigenvalue weighted by atomic mass is 10.1. The Labute approximate surface area is 132 Å². The number of aliphatic hydroxyl groups excluding tert-OH is 1. The molecule has 0 amide bonds. The molecule has 0 saturated carbocycles. The Kier molecular flexibility index (Phi) is 7.13. The highest BCUT2D eigenvalue weighted by Gasteiger charge is 2.09. The summed E-state index contributed by atoms with van der Waals surface area (Å²) in [5.74, 6) is 1.13. The summed E-state index contributed by atoms with van der Waals surface area (Å²) >= 11 is 5.55. The van der Waals surface area contributed by atoms with Crippen molar-refractivity contribution < 1.29 is 9.84 Å². The number of ether oxygens (including phenoxy) is 1. The highest BCUT2D eigenvalue weighted by molar-refractivity contribution is 6.18. The van der Waals surface area contributed by atoms with Crippen LogP contribution in [0.2, 0.25) is 0 Å². The van der Waals surface area contributed by atoms with Crippen LogP contribution in [0.1, 0.15) is 19.3 Å². The van der Waals surface area contributed by atoms with E-state index < -0.39 is 6.10 Å². The van der Waals surface area contributed by atoms with Gasteiger partial charge in [0.05, 0.1) is 12.0 Å². The van der Waals surface area contributed by atoms with E-state index in [1.165, 1.54) is 32.4 Å². The molecule has 0 radical (unpaired) electrons. The first kappa shape index (κ1) is 16.4. The number of likely N-dealkylation sites (tertiary alicyclic amines) is 1. The van der Waals surface area contributed by atoms with Gasteiger partial charge in [0.2, 0.25) is 0 Å². The molecular formula is C16H25ClN2O2. The Morgan fingerprint density at radius 1 is 1.19 bits per heavy atom. The van der Waals surface area contributed by atoms with Gasteiger partial charge < -0.3 is 15.2 Å². The number of hydrogen-bond acceptors (Lipinski definition) is 4. The minimum Gasteiger partial charge on any atom is -0.492 e. The summed E-state index contributed by atoms with van der Waals surface area (Å²) in [6.07, 6.45) is 3.47. The van der Waals surface area contributed by atoms with Crippen molar-refractivity contribution in [3.63, 3.8) is 0 Å². The standard InChI is InChI=1S/C16H25ClN2O2/c17-12-15(20)13-18-14-4-6-16(7-5-14)21-11-10-19-8-2-1-3-9-19/h4-7,15,18,20H,1-3,8-13H2. The molecule has 0 bridgehead atoms. The molecule has 1 heterocycles. The molecule has 0 aliphatic carbocycles. The van der Waals surface area contributed by atoms with E-state index in [1.807, 2.05) is 24.3 Å². The van der Waals surface area contributed by atoms with Crippen LogP contribution in [0.5, 0.6) is 5.75 Å². The lowest BCUT2D eigenvalue weighted by Gasteiger charge is -2.26. The third kappa shape index (κ3) is 6.12. The molecule has 1 aromatic rings. The summed E-state index contributed by atoms with van der Waals surface area (Å²) in [4.78, 5) is 2.47. The predicted molar refractivity (Wildman–Crippen MR) is 87.4 cm³/mol. The van der Waals surface area contributed by atoms with Crippen molar-refractivity contribution in [1.82, 2.24) is 4.90 Å². The van der Waals surface area contributed by atoms with Crippen molar-refractivity contribution in [2.24, 2.45) is 0 Å². The molecule has 1 fully saturated rings. The molecule has 0 aromatic heterocycles. The number of rotatable bonds is 8. The van der Waals surface area contributed by atoms with Gasteiger partial charge in [-0.05, 0) is 50.2 Å². The van der Waals surface area contributed by atoms with Crippen LogP contribution >= 0.6 is 11.6 Å². The topological polar surface area (TPSA) is 44.7 Å². The first-order valence-electron chi connectivity index (χ1n) is 7.71. The van der Waals surface area contributed by atoms with Crippen molar-refractivity contribution in [3.05, 3.63) is 24.3 Å². The van der Waals surface area contributed by atoms with Gasteiger partial charge in [-0.2, -0.15) is 0 Å². The van der Waals surface area contributed by atoms with Crippen LogP contribution in [0.25, 0.3) is 0 Å². The molecular weight excluding hydrogens is 288 g/mol. The second-order valence-corrected chi connectivity index (χ2v) is 5.77. The number of alkyl halides is 1. The quantitative estimate of drug-likeness (QED) is 0.724. The molecule has 1 unspecified atom stereocenters. The van der Waals surface area contributed by atoms with Crippen molar-refractivity contribution in [3.8, 4) is 5.75 Å². The molecule has 5 heteroatoms. The van der Waals surface area contributed by atoms with Crippen LogP contribution in [0.3, 0.4) is 0 Å². The van der Waals surface area contributed by atoms with Gasteiger partial charge in [0.25, 0.3) is 0 Å². The van der Waals surface area contributed by atoms with Crippen molar-refractivity contribution in [2.75, 3.05) is 44.0 Å². The van der Waals surface area contributed by atoms with E-state index >= 15 is 0 Å². The molecule has 1 aliphatic rings. The number of benzene rings is 1. The van der Waals surface area contributed by atoms with Crippen LogP contribution in [-0.4, -0.2) is 54.8 Å². The second kappa shape index (κ2) is 9.13. The highest BCUT2D eigenvalue weighted by Crippen LogP contribution is 2.16. The van der Waals surface area contributed by atoms with Crippen LogP contribution in [0.15, 0.2) is 24.3 Å². The SMILES string of the molecule is OC(CCl)CNc1ccc(OCCN2CCCCC2)cc1. The smallest absolute Gasteiger partial charge is 0.119 e. The lowest BCUT2D eigenvalue weighted by Crippen LogP contribution is -2.33. The van der Waals surface area contributed by atoms with Gasteiger partial charge >= 0.3 is 0 Å². The van der Waals surface area contributed by atoms with E-state index in [1.54, 1.807) is 0 Å². The Hall–Kier alpha value is -0.970. The summed E-state index contributed by atoms with van der Waals surface area (Å²) in [6.45, 7) is 4.60. The third-order valence-electron chi connectivity index (χ3n) is 3.70. The summed E-state index contributed by atoms with van der Waals surface area (Å²) in [5.41, 5.74) is 0.961. The average Bonchev–Trinajstić information content (AvgIpc) is 2.55. The maximum atomic E-state index is 9.39. The molecule has 2 rings (SSSR count). The van der Waals surface area contributed by atoms with Gasteiger partial charge in [-0.15, -0.1) is 11.6 Å². The number of aliphatic hydroxyl groups is 1. The van der Waals surface area contributed by atoms with E-state index in [2.05, 4.69) is 10.2 Å². The van der Waals surface area contributed by atoms with Crippen LogP contribution in [0, 0.1) is 0 Å². The Morgan fingerprint density at radius 3 is 2.57 bits per heavy atom. The molecule has 0 spiro atoms. The number of anilines is 1. The summed E-state index contributed by atoms with van der Waals surface area (Å²) < 4.78 is 5.77. The zero-order valence-electron chi connectivity index (χ0n) is 12.4. The number of nitrogens with zero attached hydrogens (tertiary/aromatic N) is 1. The van der Waals surface area contributed by atoms with Crippen molar-refractivity contribution in [1.29, 1.82) is 0 Å². The zero-order chi connectivity index (χ0) is 14.9. The minimum absolute atomic E-state index is 0.241. The predicted octanol–water partition coefficient (Wildman–Crippen LogP) is 2.56.